The van der Waals surface area contributed by atoms with Gasteiger partial charge in [0.05, 0.1) is 5.39 Å². The zero-order valence-corrected chi connectivity index (χ0v) is 18.4. The Bertz CT molecular complexity index is 1130. The van der Waals surface area contributed by atoms with Gasteiger partial charge in [-0.25, -0.2) is 9.97 Å². The Morgan fingerprint density at radius 2 is 1.94 bits per heavy atom. The van der Waals surface area contributed by atoms with Crippen LogP contribution in [0, 0.1) is 0 Å². The molecular weight excluding hydrogens is 410 g/mol. The number of anilines is 1. The van der Waals surface area contributed by atoms with Crippen molar-refractivity contribution >= 4 is 33.3 Å². The van der Waals surface area contributed by atoms with Crippen LogP contribution in [0.5, 0.6) is 0 Å². The maximum absolute atomic E-state index is 12.8. The molecule has 0 spiro atoms. The molecule has 7 nitrogen and oxygen atoms in total. The molecule has 1 saturated heterocycles. The van der Waals surface area contributed by atoms with Crippen LogP contribution < -0.4 is 10.5 Å². The van der Waals surface area contributed by atoms with Crippen molar-refractivity contribution in [1.82, 2.24) is 19.9 Å². The molecule has 0 aromatic carbocycles. The number of pyridine rings is 1. The van der Waals surface area contributed by atoms with E-state index >= 15 is 0 Å². The number of H-pyrrole nitrogens is 1. The summed E-state index contributed by atoms with van der Waals surface area (Å²) in [6.07, 6.45) is 8.20. The van der Waals surface area contributed by atoms with Gasteiger partial charge in [0.1, 0.15) is 16.5 Å². The Hall–Kier alpha value is -2.74. The second-order valence-electron chi connectivity index (χ2n) is 8.31. The molecule has 31 heavy (non-hydrogen) atoms. The summed E-state index contributed by atoms with van der Waals surface area (Å²) in [5.41, 5.74) is 1.16. The molecule has 5 rings (SSSR count). The number of aryl methyl sites for hydroxylation is 3. The lowest BCUT2D eigenvalue weighted by atomic mass is 10.1. The highest BCUT2D eigenvalue weighted by molar-refractivity contribution is 7.18. The number of amides is 1. The third-order valence-corrected chi connectivity index (χ3v) is 7.49. The summed E-state index contributed by atoms with van der Waals surface area (Å²) in [5.74, 6) is 1.69. The highest BCUT2D eigenvalue weighted by atomic mass is 32.1. The fourth-order valence-corrected chi connectivity index (χ4v) is 5.89. The first-order valence-corrected chi connectivity index (χ1v) is 12.0. The number of nitrogens with one attached hydrogen (secondary N) is 1. The SMILES string of the molecule is O=C(CCc1nc2sc3c(c2c(=O)[nH]1)CCCCC3)N1CCN(c2ccccn2)CC1. The third-order valence-electron chi connectivity index (χ3n) is 6.31. The van der Waals surface area contributed by atoms with E-state index in [1.807, 2.05) is 23.1 Å². The first kappa shape index (κ1) is 20.2. The molecule has 0 bridgehead atoms. The molecule has 1 amide bonds. The molecule has 4 heterocycles. The van der Waals surface area contributed by atoms with Crippen LogP contribution in [0.4, 0.5) is 5.82 Å². The zero-order chi connectivity index (χ0) is 21.2. The second kappa shape index (κ2) is 8.78. The fraction of sp³-hybridized carbons (Fsp3) is 0.478. The lowest BCUT2D eigenvalue weighted by Crippen LogP contribution is -2.49. The Morgan fingerprint density at radius 3 is 2.74 bits per heavy atom. The molecular formula is C23H27N5O2S. The van der Waals surface area contributed by atoms with E-state index in [1.54, 1.807) is 17.5 Å². The van der Waals surface area contributed by atoms with Crippen molar-refractivity contribution in [2.75, 3.05) is 31.1 Å². The quantitative estimate of drug-likeness (QED) is 0.635. The standard InChI is InChI=1S/C23H27N5O2S/c29-20(28-14-12-27(13-15-28)19-8-4-5-11-24-19)10-9-18-25-22(30)21-16-6-2-1-3-7-17(16)31-23(21)26-18/h4-5,8,11H,1-3,6-7,9-10,12-15H2,(H,25,26,30). The van der Waals surface area contributed by atoms with Crippen molar-refractivity contribution < 1.29 is 4.79 Å². The number of fused-ring (bicyclic) bond motifs is 3. The average Bonchev–Trinajstić information content (AvgIpc) is 3.00. The Kier molecular flexibility index (Phi) is 5.72. The van der Waals surface area contributed by atoms with E-state index in [-0.39, 0.29) is 11.5 Å². The Balaban J connectivity index is 1.22. The molecule has 0 atom stereocenters. The molecule has 0 saturated carbocycles. The molecule has 0 radical (unpaired) electrons. The van der Waals surface area contributed by atoms with E-state index in [2.05, 4.69) is 14.9 Å². The Morgan fingerprint density at radius 1 is 1.10 bits per heavy atom. The normalized spacial score (nSPS) is 16.9. The molecule has 1 aliphatic heterocycles. The predicted molar refractivity (Wildman–Crippen MR) is 123 cm³/mol. The number of carbonyl (C=O) groups is 1. The minimum absolute atomic E-state index is 0.0455. The first-order valence-electron chi connectivity index (χ1n) is 11.2. The lowest BCUT2D eigenvalue weighted by Gasteiger charge is -2.35. The van der Waals surface area contributed by atoms with Crippen molar-refractivity contribution in [2.45, 2.75) is 44.9 Å². The number of carbonyl (C=O) groups excluding carboxylic acids is 1. The number of piperazine rings is 1. The molecule has 162 valence electrons. The topological polar surface area (TPSA) is 82.2 Å². The number of nitrogens with zero attached hydrogens (tertiary/aromatic N) is 4. The highest BCUT2D eigenvalue weighted by Gasteiger charge is 2.23. The molecule has 3 aromatic heterocycles. The predicted octanol–water partition coefficient (Wildman–Crippen LogP) is 2.93. The van der Waals surface area contributed by atoms with Crippen LogP contribution in [0.1, 0.15) is 41.9 Å². The van der Waals surface area contributed by atoms with Crippen LogP contribution >= 0.6 is 11.3 Å². The van der Waals surface area contributed by atoms with E-state index in [4.69, 9.17) is 4.98 Å². The number of hydrogen-bond donors (Lipinski definition) is 1. The van der Waals surface area contributed by atoms with Gasteiger partial charge in [0.2, 0.25) is 5.91 Å². The molecule has 0 unspecified atom stereocenters. The zero-order valence-electron chi connectivity index (χ0n) is 17.6. The maximum Gasteiger partial charge on any atom is 0.259 e. The van der Waals surface area contributed by atoms with Gasteiger partial charge in [0, 0.05) is 50.1 Å². The highest BCUT2D eigenvalue weighted by Crippen LogP contribution is 2.32. The summed E-state index contributed by atoms with van der Waals surface area (Å²) >= 11 is 1.66. The van der Waals surface area contributed by atoms with Crippen molar-refractivity contribution in [3.8, 4) is 0 Å². The maximum atomic E-state index is 12.8. The van der Waals surface area contributed by atoms with Gasteiger partial charge in [-0.1, -0.05) is 12.5 Å². The van der Waals surface area contributed by atoms with Crippen LogP contribution in [-0.2, 0) is 24.1 Å². The van der Waals surface area contributed by atoms with Crippen molar-refractivity contribution in [3.63, 3.8) is 0 Å². The Labute approximate surface area is 185 Å². The molecule has 1 aliphatic carbocycles. The van der Waals surface area contributed by atoms with Crippen LogP contribution in [-0.4, -0.2) is 51.9 Å². The number of hydrogen-bond acceptors (Lipinski definition) is 6. The smallest absolute Gasteiger partial charge is 0.259 e. The monoisotopic (exact) mass is 437 g/mol. The molecule has 8 heteroatoms. The molecule has 1 N–H and O–H groups in total. The fourth-order valence-electron chi connectivity index (χ4n) is 4.61. The summed E-state index contributed by atoms with van der Waals surface area (Å²) in [6.45, 7) is 2.95. The summed E-state index contributed by atoms with van der Waals surface area (Å²) in [5, 5.41) is 0.780. The van der Waals surface area contributed by atoms with Crippen molar-refractivity contribution in [2.24, 2.45) is 0 Å². The first-order chi connectivity index (χ1) is 15.2. The van der Waals surface area contributed by atoms with Crippen LogP contribution in [0.25, 0.3) is 10.2 Å². The van der Waals surface area contributed by atoms with Gasteiger partial charge in [0.25, 0.3) is 5.56 Å². The van der Waals surface area contributed by atoms with Gasteiger partial charge in [-0.15, -0.1) is 11.3 Å². The average molecular weight is 438 g/mol. The van der Waals surface area contributed by atoms with E-state index in [1.165, 1.54) is 23.3 Å². The van der Waals surface area contributed by atoms with Crippen LogP contribution in [0.3, 0.4) is 0 Å². The van der Waals surface area contributed by atoms with Crippen LogP contribution in [0.15, 0.2) is 29.2 Å². The minimum Gasteiger partial charge on any atom is -0.353 e. The van der Waals surface area contributed by atoms with E-state index in [9.17, 15) is 9.59 Å². The number of aromatic amines is 1. The van der Waals surface area contributed by atoms with Gasteiger partial charge < -0.3 is 14.8 Å². The van der Waals surface area contributed by atoms with E-state index in [0.717, 1.165) is 48.4 Å². The van der Waals surface area contributed by atoms with Crippen LogP contribution in [0.2, 0.25) is 0 Å². The lowest BCUT2D eigenvalue weighted by molar-refractivity contribution is -0.131. The summed E-state index contributed by atoms with van der Waals surface area (Å²) in [4.78, 5) is 43.8. The molecule has 3 aromatic rings. The third kappa shape index (κ3) is 4.21. The number of aromatic nitrogens is 3. The minimum atomic E-state index is -0.0455. The number of thiophene rings is 1. The van der Waals surface area contributed by atoms with Crippen molar-refractivity contribution in [3.05, 3.63) is 51.0 Å². The molecule has 2 aliphatic rings. The van der Waals surface area contributed by atoms with E-state index < -0.39 is 0 Å². The molecule has 1 fully saturated rings. The van der Waals surface area contributed by atoms with Gasteiger partial charge in [-0.3, -0.25) is 9.59 Å². The summed E-state index contributed by atoms with van der Waals surface area (Å²) in [7, 11) is 0. The van der Waals surface area contributed by atoms with Gasteiger partial charge in [-0.05, 0) is 43.4 Å². The number of rotatable bonds is 4. The van der Waals surface area contributed by atoms with E-state index in [0.29, 0.717) is 31.8 Å². The van der Waals surface area contributed by atoms with Crippen molar-refractivity contribution in [1.29, 1.82) is 0 Å². The summed E-state index contributed by atoms with van der Waals surface area (Å²) < 4.78 is 0. The van der Waals surface area contributed by atoms with Gasteiger partial charge >= 0.3 is 0 Å². The summed E-state index contributed by atoms with van der Waals surface area (Å²) in [6, 6.07) is 5.89. The second-order valence-corrected chi connectivity index (χ2v) is 9.40. The largest absolute Gasteiger partial charge is 0.353 e. The van der Waals surface area contributed by atoms with Gasteiger partial charge in [-0.2, -0.15) is 0 Å². The van der Waals surface area contributed by atoms with Gasteiger partial charge in [0.15, 0.2) is 0 Å².